The van der Waals surface area contributed by atoms with Gasteiger partial charge in [-0.1, -0.05) is 6.92 Å². The fraction of sp³-hybridized carbons (Fsp3) is 0.667. The van der Waals surface area contributed by atoms with Crippen molar-refractivity contribution in [2.24, 2.45) is 0 Å². The molecular weight excluding hydrogens is 282 g/mol. The summed E-state index contributed by atoms with van der Waals surface area (Å²) in [6, 6.07) is 1.74. The summed E-state index contributed by atoms with van der Waals surface area (Å²) in [7, 11) is 0.606. The maximum Gasteiger partial charge on any atom is 0.250 e. The first-order valence-corrected chi connectivity index (χ1v) is 8.74. The van der Waals surface area contributed by atoms with Gasteiger partial charge in [-0.2, -0.15) is 0 Å². The van der Waals surface area contributed by atoms with Crippen LogP contribution in [0.5, 0.6) is 0 Å². The first-order chi connectivity index (χ1) is 8.95. The van der Waals surface area contributed by atoms with Crippen LogP contribution in [0.4, 0.5) is 0 Å². The van der Waals surface area contributed by atoms with Crippen LogP contribution in [0.15, 0.2) is 15.7 Å². The molecule has 2 N–H and O–H groups in total. The molecular formula is C12H23N3O2S2. The number of thiophene rings is 1. The van der Waals surface area contributed by atoms with E-state index in [2.05, 4.69) is 10.0 Å². The van der Waals surface area contributed by atoms with Crippen molar-refractivity contribution in [3.63, 3.8) is 0 Å². The number of rotatable bonds is 9. The lowest BCUT2D eigenvalue weighted by Gasteiger charge is -2.09. The highest BCUT2D eigenvalue weighted by Crippen LogP contribution is 2.19. The summed E-state index contributed by atoms with van der Waals surface area (Å²) in [5.74, 6) is 0. The largest absolute Gasteiger partial charge is 0.313 e. The number of nitrogens with one attached hydrogen (secondary N) is 2. The third-order valence-electron chi connectivity index (χ3n) is 2.55. The van der Waals surface area contributed by atoms with Gasteiger partial charge in [0.2, 0.25) is 10.0 Å². The average Bonchev–Trinajstić information content (AvgIpc) is 2.81. The van der Waals surface area contributed by atoms with Crippen molar-refractivity contribution in [2.45, 2.75) is 24.1 Å². The van der Waals surface area contributed by atoms with Gasteiger partial charge in [-0.3, -0.25) is 0 Å². The second-order valence-corrected chi connectivity index (χ2v) is 7.51. The zero-order valence-electron chi connectivity index (χ0n) is 11.8. The van der Waals surface area contributed by atoms with Crippen LogP contribution in [-0.2, 0) is 16.6 Å². The second kappa shape index (κ2) is 7.96. The Kier molecular flexibility index (Phi) is 6.95. The molecule has 5 nitrogen and oxygen atoms in total. The molecule has 0 radical (unpaired) electrons. The first kappa shape index (κ1) is 16.6. The van der Waals surface area contributed by atoms with Crippen LogP contribution in [0.25, 0.3) is 0 Å². The van der Waals surface area contributed by atoms with Crippen LogP contribution in [0.1, 0.15) is 18.9 Å². The van der Waals surface area contributed by atoms with E-state index in [1.165, 1.54) is 11.3 Å². The lowest BCUT2D eigenvalue weighted by molar-refractivity contribution is 0.400. The summed E-state index contributed by atoms with van der Waals surface area (Å²) in [6.45, 7) is 4.96. The zero-order valence-corrected chi connectivity index (χ0v) is 13.4. The summed E-state index contributed by atoms with van der Waals surface area (Å²) in [6.07, 6.45) is 0.807. The predicted molar refractivity (Wildman–Crippen MR) is 80.1 cm³/mol. The molecule has 0 aliphatic carbocycles. The van der Waals surface area contributed by atoms with Crippen molar-refractivity contribution < 1.29 is 8.42 Å². The van der Waals surface area contributed by atoms with Crippen molar-refractivity contribution in [3.05, 3.63) is 17.0 Å². The molecule has 0 aliphatic heterocycles. The van der Waals surface area contributed by atoms with Crippen molar-refractivity contribution >= 4 is 21.4 Å². The highest BCUT2D eigenvalue weighted by molar-refractivity contribution is 7.91. The Labute approximate surface area is 120 Å². The van der Waals surface area contributed by atoms with Gasteiger partial charge >= 0.3 is 0 Å². The summed E-state index contributed by atoms with van der Waals surface area (Å²) < 4.78 is 27.1. The van der Waals surface area contributed by atoms with Crippen molar-refractivity contribution in [1.29, 1.82) is 0 Å². The molecule has 1 aromatic heterocycles. The van der Waals surface area contributed by atoms with E-state index in [1.807, 2.05) is 31.3 Å². The summed E-state index contributed by atoms with van der Waals surface area (Å²) in [5.41, 5.74) is 1.01. The molecule has 0 unspecified atom stereocenters. The molecule has 0 saturated heterocycles. The van der Waals surface area contributed by atoms with Crippen LogP contribution >= 0.6 is 11.3 Å². The van der Waals surface area contributed by atoms with Crippen LogP contribution in [0, 0.1) is 0 Å². The molecule has 0 aromatic carbocycles. The molecule has 0 spiro atoms. The van der Waals surface area contributed by atoms with Gasteiger partial charge in [0.1, 0.15) is 4.21 Å². The molecule has 0 saturated carbocycles. The van der Waals surface area contributed by atoms with Gasteiger partial charge in [-0.15, -0.1) is 11.3 Å². The number of nitrogens with zero attached hydrogens (tertiary/aromatic N) is 1. The lowest BCUT2D eigenvalue weighted by Crippen LogP contribution is -2.26. The summed E-state index contributed by atoms with van der Waals surface area (Å²) >= 11 is 1.27. The Morgan fingerprint density at radius 3 is 2.74 bits per heavy atom. The fourth-order valence-electron chi connectivity index (χ4n) is 1.53. The van der Waals surface area contributed by atoms with E-state index in [-0.39, 0.29) is 0 Å². The van der Waals surface area contributed by atoms with E-state index in [9.17, 15) is 8.42 Å². The summed E-state index contributed by atoms with van der Waals surface area (Å²) in [5, 5.41) is 5.07. The third kappa shape index (κ3) is 6.01. The molecule has 1 rings (SSSR count). The maximum atomic E-state index is 12.0. The van der Waals surface area contributed by atoms with Gasteiger partial charge in [0.15, 0.2) is 0 Å². The average molecular weight is 305 g/mol. The Bertz CT molecular complexity index is 469. The highest BCUT2D eigenvalue weighted by Gasteiger charge is 2.15. The first-order valence-electron chi connectivity index (χ1n) is 6.38. The van der Waals surface area contributed by atoms with Gasteiger partial charge in [0.05, 0.1) is 0 Å². The molecule has 7 heteroatoms. The monoisotopic (exact) mass is 305 g/mol. The molecule has 1 heterocycles. The minimum Gasteiger partial charge on any atom is -0.313 e. The highest BCUT2D eigenvalue weighted by atomic mass is 32.2. The Morgan fingerprint density at radius 1 is 1.37 bits per heavy atom. The minimum absolute atomic E-state index is 0.394. The topological polar surface area (TPSA) is 61.4 Å². The van der Waals surface area contributed by atoms with Crippen molar-refractivity contribution in [3.8, 4) is 0 Å². The fourth-order valence-corrected chi connectivity index (χ4v) is 3.86. The molecule has 0 bridgehead atoms. The normalized spacial score (nSPS) is 12.2. The molecule has 110 valence electrons. The maximum absolute atomic E-state index is 12.0. The van der Waals surface area contributed by atoms with Crippen LogP contribution in [0.3, 0.4) is 0 Å². The SMILES string of the molecule is CCNCc1csc(S(=O)(=O)NCCCN(C)C)c1. The lowest BCUT2D eigenvalue weighted by atomic mass is 10.3. The molecule has 0 atom stereocenters. The van der Waals surface area contributed by atoms with Crippen LogP contribution in [-0.4, -0.2) is 47.0 Å². The molecule has 0 amide bonds. The van der Waals surface area contributed by atoms with E-state index in [0.717, 1.165) is 25.1 Å². The Balaban J connectivity index is 2.50. The van der Waals surface area contributed by atoms with Crippen LogP contribution in [0.2, 0.25) is 0 Å². The van der Waals surface area contributed by atoms with Gasteiger partial charge in [-0.05, 0) is 50.6 Å². The van der Waals surface area contributed by atoms with Crippen molar-refractivity contribution in [1.82, 2.24) is 14.9 Å². The van der Waals surface area contributed by atoms with Gasteiger partial charge in [0.25, 0.3) is 0 Å². The van der Waals surface area contributed by atoms with Gasteiger partial charge in [-0.25, -0.2) is 13.1 Å². The summed E-state index contributed by atoms with van der Waals surface area (Å²) in [4.78, 5) is 2.04. The second-order valence-electron chi connectivity index (χ2n) is 4.61. The number of hydrogen-bond acceptors (Lipinski definition) is 5. The van der Waals surface area contributed by atoms with Crippen LogP contribution < -0.4 is 10.0 Å². The van der Waals surface area contributed by atoms with E-state index in [0.29, 0.717) is 17.3 Å². The van der Waals surface area contributed by atoms with E-state index >= 15 is 0 Å². The number of hydrogen-bond donors (Lipinski definition) is 2. The number of sulfonamides is 1. The molecule has 1 aromatic rings. The molecule has 19 heavy (non-hydrogen) atoms. The van der Waals surface area contributed by atoms with E-state index in [1.54, 1.807) is 6.07 Å². The Morgan fingerprint density at radius 2 is 2.11 bits per heavy atom. The minimum atomic E-state index is -3.34. The van der Waals surface area contributed by atoms with Gasteiger partial charge < -0.3 is 10.2 Å². The quantitative estimate of drug-likeness (QED) is 0.671. The zero-order chi connectivity index (χ0) is 14.3. The van der Waals surface area contributed by atoms with E-state index in [4.69, 9.17) is 0 Å². The molecule has 0 fully saturated rings. The standard InChI is InChI=1S/C12H23N3O2S2/c1-4-13-9-11-8-12(18-10-11)19(16,17)14-6-5-7-15(2)3/h8,10,13-14H,4-7,9H2,1-3H3. The van der Waals surface area contributed by atoms with Crippen molar-refractivity contribution in [2.75, 3.05) is 33.7 Å². The Hall–Kier alpha value is -0.470. The smallest absolute Gasteiger partial charge is 0.250 e. The predicted octanol–water partition coefficient (Wildman–Crippen LogP) is 1.09. The van der Waals surface area contributed by atoms with E-state index < -0.39 is 10.0 Å². The van der Waals surface area contributed by atoms with Gasteiger partial charge in [0, 0.05) is 13.1 Å². The molecule has 0 aliphatic rings. The third-order valence-corrected chi connectivity index (χ3v) is 5.50.